The van der Waals surface area contributed by atoms with Crippen molar-refractivity contribution in [3.8, 4) is 135 Å². The van der Waals surface area contributed by atoms with E-state index in [1.54, 1.807) is 18.6 Å². The van der Waals surface area contributed by atoms with E-state index in [2.05, 4.69) is 289 Å². The zero-order valence-electron chi connectivity index (χ0n) is 64.5. The molecule has 12 nitrogen and oxygen atoms in total. The molecule has 120 heavy (non-hydrogen) atoms. The lowest BCUT2D eigenvalue weighted by atomic mass is 9.98. The Hall–Kier alpha value is -16.4. The molecule has 0 aliphatic heterocycles. The molecule has 10 aromatic heterocycles. The average Bonchev–Trinajstić information content (AvgIpc) is 0.764. The Balaban J connectivity index is 0.000000149. The number of hydrogen-bond donors (Lipinski definition) is 0. The molecule has 12 heteroatoms. The fraction of sp³-hybridized carbons (Fsp3) is 0. The van der Waals surface area contributed by atoms with Gasteiger partial charge in [0.05, 0.1) is 107 Å². The molecular formula is C108H66N12. The van der Waals surface area contributed by atoms with Gasteiger partial charge < -0.3 is 0 Å². The Morgan fingerprint density at radius 2 is 0.417 bits per heavy atom. The molecule has 0 bridgehead atoms. The van der Waals surface area contributed by atoms with Crippen LogP contribution in [-0.2, 0) is 0 Å². The number of nitrogens with zero attached hydrogens (tertiary/aromatic N) is 12. The van der Waals surface area contributed by atoms with Gasteiger partial charge in [0.25, 0.3) is 0 Å². The van der Waals surface area contributed by atoms with Crippen molar-refractivity contribution < 1.29 is 0 Å². The van der Waals surface area contributed by atoms with Crippen molar-refractivity contribution >= 4 is 98.0 Å². The first-order chi connectivity index (χ1) is 59.3. The topological polar surface area (TPSA) is 155 Å². The second-order valence-corrected chi connectivity index (χ2v) is 30.0. The average molecular weight is 1530 g/mol. The standard InChI is InChI=1S/C62H38N6.C46H28N6/c1-4-10-39(11-5-1)52-31-28-43-18-19-44-29-32-54(66-61(44)60(43)65-52)50-25-23-46-34-47(21-22-48(46)35-50)49-20-16-41-26-30-53(63-56(41)36-49)51-24-17-42-27-33-55(64-57(42)37-51)59-38-58(40-12-6-2-7-13-40)67-62(68-59)45-14-8-3-9-15-45;1-2-4-30(5-3-1)38-21-18-34-12-13-35-19-22-39(52-46(35)45(34)51-38)31-8-6-29(7-9-31)36-14-10-32-16-20-40(49-42(32)26-36)37-15-11-33-17-23-41(50-43(33)27-37)44-28-47-24-25-48-44/h1-38H;1-28H. The summed E-state index contributed by atoms with van der Waals surface area (Å²) in [6.07, 6.45) is 5.08. The number of hydrogen-bond acceptors (Lipinski definition) is 12. The molecule has 0 amide bonds. The van der Waals surface area contributed by atoms with Gasteiger partial charge in [0, 0.05) is 100.0 Å². The summed E-state index contributed by atoms with van der Waals surface area (Å²) in [5.74, 6) is 0.662. The zero-order valence-corrected chi connectivity index (χ0v) is 64.5. The minimum Gasteiger partial charge on any atom is -0.261 e. The van der Waals surface area contributed by atoms with Crippen molar-refractivity contribution in [2.24, 2.45) is 0 Å². The molecular weight excluding hydrogens is 1470 g/mol. The molecule has 23 rings (SSSR count). The van der Waals surface area contributed by atoms with Gasteiger partial charge >= 0.3 is 0 Å². The molecule has 0 spiro atoms. The van der Waals surface area contributed by atoms with Gasteiger partial charge in [-0.1, -0.05) is 291 Å². The number of pyridine rings is 8. The van der Waals surface area contributed by atoms with Crippen molar-refractivity contribution in [1.82, 2.24) is 59.8 Å². The summed E-state index contributed by atoms with van der Waals surface area (Å²) in [5, 5.41) is 10.9. The fourth-order valence-corrected chi connectivity index (χ4v) is 16.1. The first kappa shape index (κ1) is 70.2. The van der Waals surface area contributed by atoms with Gasteiger partial charge in [-0.25, -0.2) is 49.8 Å². The van der Waals surface area contributed by atoms with Crippen molar-refractivity contribution in [2.75, 3.05) is 0 Å². The van der Waals surface area contributed by atoms with Gasteiger partial charge in [0.15, 0.2) is 5.82 Å². The molecule has 0 atom stereocenters. The van der Waals surface area contributed by atoms with Crippen molar-refractivity contribution in [3.63, 3.8) is 0 Å². The highest BCUT2D eigenvalue weighted by molar-refractivity contribution is 6.06. The molecule has 0 saturated carbocycles. The van der Waals surface area contributed by atoms with Crippen LogP contribution in [0.1, 0.15) is 0 Å². The largest absolute Gasteiger partial charge is 0.261 e. The van der Waals surface area contributed by atoms with E-state index >= 15 is 0 Å². The van der Waals surface area contributed by atoms with Crippen LogP contribution in [0.2, 0.25) is 0 Å². The summed E-state index contributed by atoms with van der Waals surface area (Å²) in [4.78, 5) is 59.5. The number of aromatic nitrogens is 12. The predicted molar refractivity (Wildman–Crippen MR) is 489 cm³/mol. The summed E-state index contributed by atoms with van der Waals surface area (Å²) < 4.78 is 0. The molecule has 558 valence electrons. The second-order valence-electron chi connectivity index (χ2n) is 30.0. The maximum atomic E-state index is 5.22. The second kappa shape index (κ2) is 30.1. The van der Waals surface area contributed by atoms with E-state index in [0.717, 1.165) is 227 Å². The molecule has 0 radical (unpaired) electrons. The Morgan fingerprint density at radius 1 is 0.142 bits per heavy atom. The van der Waals surface area contributed by atoms with E-state index in [9.17, 15) is 0 Å². The normalized spacial score (nSPS) is 11.5. The van der Waals surface area contributed by atoms with Gasteiger partial charge in [-0.05, 0) is 124 Å². The van der Waals surface area contributed by atoms with Gasteiger partial charge in [0.1, 0.15) is 5.69 Å². The summed E-state index contributed by atoms with van der Waals surface area (Å²) in [6.45, 7) is 0. The number of fused-ring (bicyclic) bond motifs is 11. The summed E-state index contributed by atoms with van der Waals surface area (Å²) >= 11 is 0. The Kier molecular flexibility index (Phi) is 17.6. The van der Waals surface area contributed by atoms with Crippen molar-refractivity contribution in [1.29, 1.82) is 0 Å². The maximum absolute atomic E-state index is 5.22. The van der Waals surface area contributed by atoms with Crippen LogP contribution >= 0.6 is 0 Å². The summed E-state index contributed by atoms with van der Waals surface area (Å²) in [5.41, 5.74) is 29.4. The molecule has 0 saturated heterocycles. The van der Waals surface area contributed by atoms with Crippen LogP contribution in [0, 0.1) is 0 Å². The lowest BCUT2D eigenvalue weighted by Crippen LogP contribution is -1.97. The Bertz CT molecular complexity index is 7900. The highest BCUT2D eigenvalue weighted by atomic mass is 14.9. The van der Waals surface area contributed by atoms with Crippen LogP contribution in [0.25, 0.3) is 233 Å². The number of rotatable bonds is 12. The van der Waals surface area contributed by atoms with Gasteiger partial charge in [-0.15, -0.1) is 0 Å². The highest BCUT2D eigenvalue weighted by Crippen LogP contribution is 2.38. The molecule has 10 heterocycles. The first-order valence-electron chi connectivity index (χ1n) is 39.9. The van der Waals surface area contributed by atoms with Gasteiger partial charge in [0.2, 0.25) is 0 Å². The first-order valence-corrected chi connectivity index (χ1v) is 39.9. The molecule has 23 aromatic rings. The van der Waals surface area contributed by atoms with E-state index < -0.39 is 0 Å². The van der Waals surface area contributed by atoms with Crippen LogP contribution in [0.3, 0.4) is 0 Å². The highest BCUT2D eigenvalue weighted by Gasteiger charge is 2.18. The minimum atomic E-state index is 0.662. The fourth-order valence-electron chi connectivity index (χ4n) is 16.1. The van der Waals surface area contributed by atoms with Crippen molar-refractivity contribution in [3.05, 3.63) is 401 Å². The van der Waals surface area contributed by atoms with Crippen LogP contribution in [0.4, 0.5) is 0 Å². The maximum Gasteiger partial charge on any atom is 0.160 e. The monoisotopic (exact) mass is 1530 g/mol. The molecule has 0 fully saturated rings. The van der Waals surface area contributed by atoms with Crippen LogP contribution < -0.4 is 0 Å². The lowest BCUT2D eigenvalue weighted by molar-refractivity contribution is 1.17. The smallest absolute Gasteiger partial charge is 0.160 e. The third-order valence-corrected chi connectivity index (χ3v) is 22.4. The minimum absolute atomic E-state index is 0.662. The third-order valence-electron chi connectivity index (χ3n) is 22.4. The Labute approximate surface area is 689 Å². The van der Waals surface area contributed by atoms with E-state index in [1.807, 2.05) is 103 Å². The quantitative estimate of drug-likeness (QED) is 0.107. The molecule has 0 N–H and O–H groups in total. The van der Waals surface area contributed by atoms with E-state index in [-0.39, 0.29) is 0 Å². The van der Waals surface area contributed by atoms with Gasteiger partial charge in [-0.3, -0.25) is 9.97 Å². The molecule has 13 aromatic carbocycles. The SMILES string of the molecule is c1ccc(-c2cc(-c3ccc4ccc(-c5ccc6ccc(-c7ccc8cc(-c9ccc%10ccc%11ccc(-c%12ccccc%12)nc%11c%10n9)ccc8c7)cc6n5)cc4n3)nc(-c3ccccc3)n2)cc1.c1ccc(-c2ccc3ccc4ccc(-c5ccc(-c6ccc7ccc(-c8ccc9ccc(-c%10cnccn%10)nc9c8)nc7c6)cc5)nc4c3n2)cc1. The summed E-state index contributed by atoms with van der Waals surface area (Å²) in [7, 11) is 0. The Morgan fingerprint density at radius 3 is 0.850 bits per heavy atom. The third kappa shape index (κ3) is 13.7. The van der Waals surface area contributed by atoms with E-state index in [0.29, 0.717) is 5.82 Å². The number of benzene rings is 13. The molecule has 0 unspecified atom stereocenters. The lowest BCUT2D eigenvalue weighted by Gasteiger charge is -2.11. The zero-order chi connectivity index (χ0) is 79.4. The summed E-state index contributed by atoms with van der Waals surface area (Å²) in [6, 6.07) is 132. The predicted octanol–water partition coefficient (Wildman–Crippen LogP) is 26.5. The van der Waals surface area contributed by atoms with Crippen LogP contribution in [-0.4, -0.2) is 59.8 Å². The molecule has 0 aliphatic rings. The van der Waals surface area contributed by atoms with Crippen LogP contribution in [0.5, 0.6) is 0 Å². The van der Waals surface area contributed by atoms with Gasteiger partial charge in [-0.2, -0.15) is 0 Å². The van der Waals surface area contributed by atoms with Crippen LogP contribution in [0.15, 0.2) is 401 Å². The van der Waals surface area contributed by atoms with E-state index in [1.165, 1.54) is 0 Å². The van der Waals surface area contributed by atoms with E-state index in [4.69, 9.17) is 49.8 Å². The molecule has 0 aliphatic carbocycles. The van der Waals surface area contributed by atoms with Crippen molar-refractivity contribution in [2.45, 2.75) is 0 Å².